The van der Waals surface area contributed by atoms with E-state index in [0.717, 1.165) is 12.2 Å². The van der Waals surface area contributed by atoms with E-state index < -0.39 is 0 Å². The van der Waals surface area contributed by atoms with Crippen LogP contribution >= 0.6 is 0 Å². The SMILES string of the molecule is C=NC1C=C(NC)N=CC1. The van der Waals surface area contributed by atoms with Gasteiger partial charge in [0.2, 0.25) is 0 Å². The van der Waals surface area contributed by atoms with Crippen LogP contribution in [0.1, 0.15) is 6.42 Å². The average Bonchev–Trinajstić information content (AvgIpc) is 2.05. The second-order valence-corrected chi connectivity index (χ2v) is 2.10. The van der Waals surface area contributed by atoms with Gasteiger partial charge in [0.15, 0.2) is 0 Å². The van der Waals surface area contributed by atoms with Gasteiger partial charge in [0, 0.05) is 19.7 Å². The second-order valence-electron chi connectivity index (χ2n) is 2.10. The molecule has 0 fully saturated rings. The molecule has 0 amide bonds. The fraction of sp³-hybridized carbons (Fsp3) is 0.429. The Morgan fingerprint density at radius 3 is 3.30 bits per heavy atom. The number of nitrogens with one attached hydrogen (secondary N) is 1. The highest BCUT2D eigenvalue weighted by molar-refractivity contribution is 5.62. The molecule has 0 aromatic carbocycles. The Kier molecular flexibility index (Phi) is 2.20. The highest BCUT2D eigenvalue weighted by Gasteiger charge is 2.05. The first-order chi connectivity index (χ1) is 4.86. The summed E-state index contributed by atoms with van der Waals surface area (Å²) in [6.45, 7) is 3.47. The predicted molar refractivity (Wildman–Crippen MR) is 43.6 cm³/mol. The minimum atomic E-state index is 0.208. The Morgan fingerprint density at radius 1 is 1.90 bits per heavy atom. The first-order valence-corrected chi connectivity index (χ1v) is 3.24. The van der Waals surface area contributed by atoms with E-state index in [1.807, 2.05) is 19.3 Å². The van der Waals surface area contributed by atoms with Crippen LogP contribution in [0.15, 0.2) is 21.9 Å². The molecule has 1 heterocycles. The molecule has 0 saturated heterocycles. The lowest BCUT2D eigenvalue weighted by Crippen LogP contribution is -2.13. The van der Waals surface area contributed by atoms with Crippen molar-refractivity contribution in [3.05, 3.63) is 11.9 Å². The minimum Gasteiger partial charge on any atom is -0.373 e. The van der Waals surface area contributed by atoms with Crippen LogP contribution in [0.2, 0.25) is 0 Å². The van der Waals surface area contributed by atoms with Gasteiger partial charge in [-0.25, -0.2) is 4.99 Å². The van der Waals surface area contributed by atoms with E-state index in [1.165, 1.54) is 0 Å². The molecule has 3 heteroatoms. The number of rotatable bonds is 2. The van der Waals surface area contributed by atoms with Crippen LogP contribution in [0.4, 0.5) is 0 Å². The molecule has 0 radical (unpaired) electrons. The van der Waals surface area contributed by atoms with Crippen molar-refractivity contribution in [2.75, 3.05) is 7.05 Å². The third-order valence-corrected chi connectivity index (χ3v) is 1.42. The van der Waals surface area contributed by atoms with Gasteiger partial charge in [0.05, 0.1) is 6.04 Å². The first-order valence-electron chi connectivity index (χ1n) is 3.24. The van der Waals surface area contributed by atoms with Gasteiger partial charge in [0.1, 0.15) is 5.82 Å². The summed E-state index contributed by atoms with van der Waals surface area (Å²) in [5.74, 6) is 0.878. The van der Waals surface area contributed by atoms with E-state index in [0.29, 0.717) is 0 Å². The summed E-state index contributed by atoms with van der Waals surface area (Å²) in [5.41, 5.74) is 0. The number of nitrogens with zero attached hydrogens (tertiary/aromatic N) is 2. The van der Waals surface area contributed by atoms with Crippen LogP contribution in [0.3, 0.4) is 0 Å². The lowest BCUT2D eigenvalue weighted by molar-refractivity contribution is 0.815. The maximum atomic E-state index is 4.08. The maximum absolute atomic E-state index is 4.08. The van der Waals surface area contributed by atoms with Gasteiger partial charge in [-0.2, -0.15) is 0 Å². The van der Waals surface area contributed by atoms with Crippen LogP contribution in [-0.2, 0) is 0 Å². The largest absolute Gasteiger partial charge is 0.373 e. The van der Waals surface area contributed by atoms with Crippen molar-refractivity contribution in [3.63, 3.8) is 0 Å². The number of hydrogen-bond donors (Lipinski definition) is 1. The zero-order valence-electron chi connectivity index (χ0n) is 6.04. The van der Waals surface area contributed by atoms with E-state index in [4.69, 9.17) is 0 Å². The Morgan fingerprint density at radius 2 is 2.70 bits per heavy atom. The van der Waals surface area contributed by atoms with E-state index in [2.05, 4.69) is 22.0 Å². The van der Waals surface area contributed by atoms with E-state index >= 15 is 0 Å². The molecule has 0 spiro atoms. The molecule has 1 atom stereocenters. The van der Waals surface area contributed by atoms with Crippen LogP contribution in [0.25, 0.3) is 0 Å². The third-order valence-electron chi connectivity index (χ3n) is 1.42. The van der Waals surface area contributed by atoms with Crippen molar-refractivity contribution < 1.29 is 0 Å². The summed E-state index contributed by atoms with van der Waals surface area (Å²) < 4.78 is 0. The Labute approximate surface area is 60.6 Å². The molecule has 1 aliphatic heterocycles. The lowest BCUT2D eigenvalue weighted by Gasteiger charge is -2.10. The molecule has 1 N–H and O–H groups in total. The molecule has 10 heavy (non-hydrogen) atoms. The molecule has 54 valence electrons. The van der Waals surface area contributed by atoms with Crippen LogP contribution in [-0.4, -0.2) is 26.0 Å². The summed E-state index contributed by atoms with van der Waals surface area (Å²) in [6, 6.07) is 0.208. The van der Waals surface area contributed by atoms with E-state index in [9.17, 15) is 0 Å². The topological polar surface area (TPSA) is 36.8 Å². The Balaban J connectivity index is 2.64. The summed E-state index contributed by atoms with van der Waals surface area (Å²) in [6.07, 6.45) is 4.69. The van der Waals surface area contributed by atoms with Gasteiger partial charge >= 0.3 is 0 Å². The fourth-order valence-electron chi connectivity index (χ4n) is 0.827. The standard InChI is InChI=1S/C7H11N3/c1-8-6-3-4-10-7(5-6)9-2/h4-6,9H,1,3H2,2H3. The van der Waals surface area contributed by atoms with Crippen molar-refractivity contribution in [3.8, 4) is 0 Å². The van der Waals surface area contributed by atoms with Crippen molar-refractivity contribution in [2.24, 2.45) is 9.98 Å². The number of hydrogen-bond acceptors (Lipinski definition) is 3. The molecular weight excluding hydrogens is 126 g/mol. The van der Waals surface area contributed by atoms with Gasteiger partial charge in [-0.05, 0) is 12.8 Å². The van der Waals surface area contributed by atoms with Crippen molar-refractivity contribution >= 4 is 12.9 Å². The minimum absolute atomic E-state index is 0.208. The fourth-order valence-corrected chi connectivity index (χ4v) is 0.827. The summed E-state index contributed by atoms with van der Waals surface area (Å²) in [4.78, 5) is 7.97. The van der Waals surface area contributed by atoms with Crippen molar-refractivity contribution in [2.45, 2.75) is 12.5 Å². The summed E-state index contributed by atoms with van der Waals surface area (Å²) in [5, 5.41) is 2.94. The summed E-state index contributed by atoms with van der Waals surface area (Å²) >= 11 is 0. The van der Waals surface area contributed by atoms with Gasteiger partial charge in [0.25, 0.3) is 0 Å². The molecule has 1 unspecified atom stereocenters. The monoisotopic (exact) mass is 137 g/mol. The molecular formula is C7H11N3. The quantitative estimate of drug-likeness (QED) is 0.556. The Bertz CT molecular complexity index is 181. The molecule has 1 rings (SSSR count). The Hall–Kier alpha value is -1.12. The molecule has 0 bridgehead atoms. The zero-order valence-corrected chi connectivity index (χ0v) is 6.04. The van der Waals surface area contributed by atoms with Crippen molar-refractivity contribution in [1.82, 2.24) is 5.32 Å². The predicted octanol–water partition coefficient (Wildman–Crippen LogP) is 0.591. The lowest BCUT2D eigenvalue weighted by atomic mass is 10.2. The van der Waals surface area contributed by atoms with Crippen LogP contribution < -0.4 is 5.32 Å². The van der Waals surface area contributed by atoms with Crippen molar-refractivity contribution in [1.29, 1.82) is 0 Å². The van der Waals surface area contributed by atoms with Crippen LogP contribution in [0, 0.1) is 0 Å². The summed E-state index contributed by atoms with van der Waals surface area (Å²) in [7, 11) is 1.84. The number of aliphatic imine (C=N–C) groups is 2. The van der Waals surface area contributed by atoms with Gasteiger partial charge < -0.3 is 5.32 Å². The van der Waals surface area contributed by atoms with E-state index in [1.54, 1.807) is 0 Å². The molecule has 1 aliphatic rings. The average molecular weight is 137 g/mol. The molecule has 3 nitrogen and oxygen atoms in total. The highest BCUT2D eigenvalue weighted by Crippen LogP contribution is 2.06. The third kappa shape index (κ3) is 1.43. The van der Waals surface area contributed by atoms with E-state index in [-0.39, 0.29) is 6.04 Å². The van der Waals surface area contributed by atoms with Gasteiger partial charge in [-0.3, -0.25) is 4.99 Å². The highest BCUT2D eigenvalue weighted by atomic mass is 15.0. The molecule has 0 aliphatic carbocycles. The molecule has 0 aromatic rings. The second kappa shape index (κ2) is 3.15. The smallest absolute Gasteiger partial charge is 0.123 e. The first kappa shape index (κ1) is 6.99. The van der Waals surface area contributed by atoms with Gasteiger partial charge in [-0.15, -0.1) is 0 Å². The zero-order chi connectivity index (χ0) is 7.40. The molecule has 0 saturated carbocycles. The normalized spacial score (nSPS) is 23.7. The van der Waals surface area contributed by atoms with Crippen LogP contribution in [0.5, 0.6) is 0 Å². The van der Waals surface area contributed by atoms with Gasteiger partial charge in [-0.1, -0.05) is 0 Å². The molecule has 0 aromatic heterocycles. The maximum Gasteiger partial charge on any atom is 0.123 e.